The van der Waals surface area contributed by atoms with Crippen molar-refractivity contribution in [2.24, 2.45) is 5.92 Å². The fourth-order valence-corrected chi connectivity index (χ4v) is 4.06. The molecule has 0 bridgehead atoms. The van der Waals surface area contributed by atoms with Crippen LogP contribution in [-0.4, -0.2) is 41.8 Å². The molecule has 2 saturated heterocycles. The number of ether oxygens (including phenoxy) is 2. The molecule has 4 nitrogen and oxygen atoms in total. The minimum absolute atomic E-state index is 0.0316. The zero-order chi connectivity index (χ0) is 17.1. The normalized spacial score (nSPS) is 22.2. The summed E-state index contributed by atoms with van der Waals surface area (Å²) in [5.41, 5.74) is 2.27. The van der Waals surface area contributed by atoms with E-state index in [-0.39, 0.29) is 5.60 Å². The maximum absolute atomic E-state index is 6.27. The van der Waals surface area contributed by atoms with E-state index in [1.165, 1.54) is 5.56 Å². The molecule has 0 unspecified atom stereocenters. The minimum atomic E-state index is -0.0316. The zero-order valence-electron chi connectivity index (χ0n) is 14.2. The Kier molecular flexibility index (Phi) is 5.04. The summed E-state index contributed by atoms with van der Waals surface area (Å²) in [5.74, 6) is 0.465. The number of hydrogen-bond donors (Lipinski definition) is 0. The van der Waals surface area contributed by atoms with E-state index in [4.69, 9.17) is 21.1 Å². The lowest BCUT2D eigenvalue weighted by atomic mass is 9.81. The summed E-state index contributed by atoms with van der Waals surface area (Å²) in [6, 6.07) is 12.0. The van der Waals surface area contributed by atoms with E-state index in [1.54, 1.807) is 6.20 Å². The van der Waals surface area contributed by atoms with Crippen LogP contribution in [0, 0.1) is 5.92 Å². The number of aromatic nitrogens is 1. The van der Waals surface area contributed by atoms with Crippen molar-refractivity contribution >= 4 is 11.6 Å². The molecule has 3 heterocycles. The SMILES string of the molecule is Clc1ccccc1CN1CC2(C1)OCC[C@@H]2COCc1cccnc1. The fourth-order valence-electron chi connectivity index (χ4n) is 3.86. The second-order valence-corrected chi connectivity index (χ2v) is 7.42. The van der Waals surface area contributed by atoms with Gasteiger partial charge in [-0.2, -0.15) is 0 Å². The first-order chi connectivity index (χ1) is 12.3. The summed E-state index contributed by atoms with van der Waals surface area (Å²) in [5, 5.41) is 0.840. The molecule has 5 heteroatoms. The third-order valence-electron chi connectivity index (χ3n) is 5.24. The molecule has 1 aromatic carbocycles. The summed E-state index contributed by atoms with van der Waals surface area (Å²) in [4.78, 5) is 6.53. The third kappa shape index (κ3) is 3.72. The van der Waals surface area contributed by atoms with Gasteiger partial charge in [0.1, 0.15) is 0 Å². The van der Waals surface area contributed by atoms with Gasteiger partial charge in [0, 0.05) is 49.6 Å². The molecule has 0 amide bonds. The maximum Gasteiger partial charge on any atom is 0.0985 e. The lowest BCUT2D eigenvalue weighted by molar-refractivity contribution is -0.146. The highest BCUT2D eigenvalue weighted by atomic mass is 35.5. The summed E-state index contributed by atoms with van der Waals surface area (Å²) in [6.45, 7) is 4.99. The molecule has 1 spiro atoms. The van der Waals surface area contributed by atoms with Crippen LogP contribution < -0.4 is 0 Å². The van der Waals surface area contributed by atoms with Gasteiger partial charge in [0.2, 0.25) is 0 Å². The lowest BCUT2D eigenvalue weighted by Gasteiger charge is -2.50. The van der Waals surface area contributed by atoms with Crippen LogP contribution in [-0.2, 0) is 22.6 Å². The van der Waals surface area contributed by atoms with Gasteiger partial charge in [0.15, 0.2) is 0 Å². The van der Waals surface area contributed by atoms with Crippen LogP contribution in [0.4, 0.5) is 0 Å². The Bertz CT molecular complexity index is 704. The van der Waals surface area contributed by atoms with Crippen molar-refractivity contribution in [3.05, 3.63) is 64.9 Å². The maximum atomic E-state index is 6.27. The third-order valence-corrected chi connectivity index (χ3v) is 5.61. The largest absolute Gasteiger partial charge is 0.376 e. The van der Waals surface area contributed by atoms with E-state index in [9.17, 15) is 0 Å². The number of nitrogens with zero attached hydrogens (tertiary/aromatic N) is 2. The molecule has 2 aromatic rings. The van der Waals surface area contributed by atoms with Gasteiger partial charge >= 0.3 is 0 Å². The fraction of sp³-hybridized carbons (Fsp3) is 0.450. The van der Waals surface area contributed by atoms with Crippen molar-refractivity contribution < 1.29 is 9.47 Å². The summed E-state index contributed by atoms with van der Waals surface area (Å²) in [7, 11) is 0. The van der Waals surface area contributed by atoms with Crippen LogP contribution in [0.15, 0.2) is 48.8 Å². The molecular formula is C20H23ClN2O2. The molecule has 1 aromatic heterocycles. The molecule has 132 valence electrons. The summed E-state index contributed by atoms with van der Waals surface area (Å²) < 4.78 is 12.1. The van der Waals surface area contributed by atoms with Crippen molar-refractivity contribution in [3.8, 4) is 0 Å². The molecule has 0 N–H and O–H groups in total. The van der Waals surface area contributed by atoms with E-state index in [0.29, 0.717) is 12.5 Å². The Morgan fingerprint density at radius 1 is 1.24 bits per heavy atom. The Labute approximate surface area is 153 Å². The van der Waals surface area contributed by atoms with Crippen molar-refractivity contribution in [1.82, 2.24) is 9.88 Å². The average Bonchev–Trinajstić information content (AvgIpc) is 3.01. The first kappa shape index (κ1) is 17.0. The Morgan fingerprint density at radius 3 is 2.92 bits per heavy atom. The summed E-state index contributed by atoms with van der Waals surface area (Å²) >= 11 is 6.27. The lowest BCUT2D eigenvalue weighted by Crippen LogP contribution is -2.64. The first-order valence-corrected chi connectivity index (χ1v) is 9.19. The summed E-state index contributed by atoms with van der Waals surface area (Å²) in [6.07, 6.45) is 4.72. The van der Waals surface area contributed by atoms with Gasteiger partial charge in [-0.15, -0.1) is 0 Å². The molecule has 2 aliphatic rings. The number of hydrogen-bond acceptors (Lipinski definition) is 4. The second kappa shape index (κ2) is 7.42. The zero-order valence-corrected chi connectivity index (χ0v) is 15.0. The molecular weight excluding hydrogens is 336 g/mol. The van der Waals surface area contributed by atoms with Crippen molar-refractivity contribution in [1.29, 1.82) is 0 Å². The Hall–Kier alpha value is -1.46. The molecule has 1 atom stereocenters. The van der Waals surface area contributed by atoms with Crippen LogP contribution in [0.2, 0.25) is 5.02 Å². The minimum Gasteiger partial charge on any atom is -0.376 e. The van der Waals surface area contributed by atoms with Gasteiger partial charge in [-0.1, -0.05) is 35.9 Å². The topological polar surface area (TPSA) is 34.6 Å². The van der Waals surface area contributed by atoms with Crippen LogP contribution >= 0.6 is 11.6 Å². The van der Waals surface area contributed by atoms with E-state index >= 15 is 0 Å². The second-order valence-electron chi connectivity index (χ2n) is 7.01. The number of rotatable bonds is 6. The molecule has 4 rings (SSSR count). The van der Waals surface area contributed by atoms with Crippen molar-refractivity contribution in [2.75, 3.05) is 26.3 Å². The highest BCUT2D eigenvalue weighted by molar-refractivity contribution is 6.31. The van der Waals surface area contributed by atoms with Crippen molar-refractivity contribution in [3.63, 3.8) is 0 Å². The van der Waals surface area contributed by atoms with Crippen LogP contribution in [0.5, 0.6) is 0 Å². The highest BCUT2D eigenvalue weighted by Crippen LogP contribution is 2.41. The molecule has 0 aliphatic carbocycles. The Morgan fingerprint density at radius 2 is 2.12 bits per heavy atom. The van der Waals surface area contributed by atoms with Gasteiger partial charge in [-0.05, 0) is 29.7 Å². The predicted octanol–water partition coefficient (Wildman–Crippen LogP) is 3.54. The molecule has 2 fully saturated rings. The van der Waals surface area contributed by atoms with E-state index in [1.807, 2.05) is 36.5 Å². The quantitative estimate of drug-likeness (QED) is 0.791. The predicted molar refractivity (Wildman–Crippen MR) is 97.4 cm³/mol. The monoisotopic (exact) mass is 358 g/mol. The smallest absolute Gasteiger partial charge is 0.0985 e. The van der Waals surface area contributed by atoms with Crippen LogP contribution in [0.25, 0.3) is 0 Å². The Balaban J connectivity index is 1.28. The number of halogens is 1. The van der Waals surface area contributed by atoms with Crippen molar-refractivity contribution in [2.45, 2.75) is 25.2 Å². The van der Waals surface area contributed by atoms with E-state index in [2.05, 4.69) is 16.0 Å². The van der Waals surface area contributed by atoms with Gasteiger partial charge in [-0.25, -0.2) is 0 Å². The molecule has 0 radical (unpaired) electrons. The van der Waals surface area contributed by atoms with Gasteiger partial charge in [-0.3, -0.25) is 9.88 Å². The van der Waals surface area contributed by atoms with Gasteiger partial charge < -0.3 is 9.47 Å². The molecule has 0 saturated carbocycles. The van der Waals surface area contributed by atoms with Crippen LogP contribution in [0.1, 0.15) is 17.5 Å². The standard InChI is InChI=1S/C20H23ClN2O2/c21-19-6-2-1-5-17(19)11-23-14-20(15-23)18(7-9-25-20)13-24-12-16-4-3-8-22-10-16/h1-6,8,10,18H,7,9,11-15H2/t18-/m1/s1. The van der Waals surface area contributed by atoms with Gasteiger partial charge in [0.05, 0.1) is 18.8 Å². The molecule has 2 aliphatic heterocycles. The number of pyridine rings is 1. The highest BCUT2D eigenvalue weighted by Gasteiger charge is 2.52. The first-order valence-electron chi connectivity index (χ1n) is 8.81. The molecule has 25 heavy (non-hydrogen) atoms. The average molecular weight is 359 g/mol. The number of likely N-dealkylation sites (tertiary alicyclic amines) is 1. The number of benzene rings is 1. The van der Waals surface area contributed by atoms with E-state index in [0.717, 1.165) is 49.9 Å². The van der Waals surface area contributed by atoms with Gasteiger partial charge in [0.25, 0.3) is 0 Å². The van der Waals surface area contributed by atoms with E-state index < -0.39 is 0 Å². The van der Waals surface area contributed by atoms with Crippen LogP contribution in [0.3, 0.4) is 0 Å².